The highest BCUT2D eigenvalue weighted by Crippen LogP contribution is 2.43. The molecule has 126 valence electrons. The number of carbonyl (C=O) groups excluding carboxylic acids is 1. The van der Waals surface area contributed by atoms with E-state index in [0.29, 0.717) is 0 Å². The Bertz CT molecular complexity index is 1380. The van der Waals surface area contributed by atoms with Crippen molar-refractivity contribution in [1.29, 1.82) is 0 Å². The molecule has 0 saturated heterocycles. The number of nitrogens with zero attached hydrogens (tertiary/aromatic N) is 1. The van der Waals surface area contributed by atoms with E-state index in [1.54, 1.807) is 0 Å². The Morgan fingerprint density at radius 1 is 0.556 bits per heavy atom. The van der Waals surface area contributed by atoms with Crippen LogP contribution in [-0.4, -0.2) is 10.4 Å². The molecule has 1 heterocycles. The number of rotatable bonds is 1. The normalized spacial score (nSPS) is 12.5. The number of hydrogen-bond acceptors (Lipinski definition) is 1. The van der Waals surface area contributed by atoms with Crippen molar-refractivity contribution in [1.82, 2.24) is 4.57 Å². The van der Waals surface area contributed by atoms with E-state index in [0.717, 1.165) is 44.4 Å². The quantitative estimate of drug-likeness (QED) is 0.358. The smallest absolute Gasteiger partial charge is 0.196 e. The van der Waals surface area contributed by atoms with Gasteiger partial charge in [-0.05, 0) is 29.3 Å². The van der Waals surface area contributed by atoms with Gasteiger partial charge in [0, 0.05) is 22.0 Å². The molecule has 4 aromatic carbocycles. The van der Waals surface area contributed by atoms with E-state index in [4.69, 9.17) is 0 Å². The van der Waals surface area contributed by atoms with Gasteiger partial charge in [0.2, 0.25) is 0 Å². The van der Waals surface area contributed by atoms with Crippen molar-refractivity contribution in [2.75, 3.05) is 0 Å². The Balaban J connectivity index is 1.85. The second-order valence-electron chi connectivity index (χ2n) is 6.95. The van der Waals surface area contributed by atoms with Gasteiger partial charge in [-0.2, -0.15) is 0 Å². The van der Waals surface area contributed by atoms with Gasteiger partial charge in [0.25, 0.3) is 0 Å². The summed E-state index contributed by atoms with van der Waals surface area (Å²) in [6.07, 6.45) is 0. The number of aromatic nitrogens is 1. The highest BCUT2D eigenvalue weighted by molar-refractivity contribution is 6.29. The monoisotopic (exact) mass is 345 g/mol. The van der Waals surface area contributed by atoms with Crippen LogP contribution in [0.5, 0.6) is 0 Å². The van der Waals surface area contributed by atoms with Crippen molar-refractivity contribution in [2.24, 2.45) is 0 Å². The minimum Gasteiger partial charge on any atom is -0.308 e. The molecule has 2 nitrogen and oxygen atoms in total. The van der Waals surface area contributed by atoms with E-state index in [-0.39, 0.29) is 5.78 Å². The van der Waals surface area contributed by atoms with Crippen molar-refractivity contribution in [3.05, 3.63) is 102 Å². The SMILES string of the molecule is O=C1c2ccccc2-c2ccc3c4ccccc4n(-c4ccccc4)c3c21. The van der Waals surface area contributed by atoms with Crippen LogP contribution in [0.15, 0.2) is 91.0 Å². The van der Waals surface area contributed by atoms with Gasteiger partial charge in [0.1, 0.15) is 0 Å². The summed E-state index contributed by atoms with van der Waals surface area (Å²) in [7, 11) is 0. The maximum Gasteiger partial charge on any atom is 0.196 e. The van der Waals surface area contributed by atoms with Crippen molar-refractivity contribution >= 4 is 27.6 Å². The Kier molecular flexibility index (Phi) is 2.78. The molecule has 5 aromatic rings. The van der Waals surface area contributed by atoms with Crippen LogP contribution in [0, 0.1) is 0 Å². The van der Waals surface area contributed by atoms with Gasteiger partial charge in [-0.1, -0.05) is 72.8 Å². The van der Waals surface area contributed by atoms with Crippen LogP contribution in [-0.2, 0) is 0 Å². The minimum atomic E-state index is 0.117. The molecule has 1 aliphatic rings. The first-order valence-electron chi connectivity index (χ1n) is 9.10. The maximum absolute atomic E-state index is 13.3. The number of benzene rings is 4. The lowest BCUT2D eigenvalue weighted by atomic mass is 10.0. The molecule has 0 N–H and O–H groups in total. The van der Waals surface area contributed by atoms with Gasteiger partial charge in [0.15, 0.2) is 5.78 Å². The van der Waals surface area contributed by atoms with Crippen LogP contribution in [0.2, 0.25) is 0 Å². The van der Waals surface area contributed by atoms with Gasteiger partial charge < -0.3 is 4.57 Å². The standard InChI is InChI=1S/C25H15NO/c27-25-21-12-5-4-10-17(21)19-14-15-20-18-11-6-7-13-22(18)26(24(20)23(19)25)16-8-2-1-3-9-16/h1-15H. The molecule has 0 spiro atoms. The minimum absolute atomic E-state index is 0.117. The fourth-order valence-electron chi connectivity index (χ4n) is 4.41. The highest BCUT2D eigenvalue weighted by atomic mass is 16.1. The average molecular weight is 345 g/mol. The van der Waals surface area contributed by atoms with Crippen molar-refractivity contribution < 1.29 is 4.79 Å². The molecule has 2 heteroatoms. The fourth-order valence-corrected chi connectivity index (χ4v) is 4.41. The van der Waals surface area contributed by atoms with Crippen LogP contribution in [0.3, 0.4) is 0 Å². The number of fused-ring (bicyclic) bond motifs is 7. The molecule has 0 aliphatic heterocycles. The van der Waals surface area contributed by atoms with Gasteiger partial charge in [-0.15, -0.1) is 0 Å². The Morgan fingerprint density at radius 3 is 2.11 bits per heavy atom. The van der Waals surface area contributed by atoms with E-state index < -0.39 is 0 Å². The Labute approximate surface area is 156 Å². The molecule has 0 bridgehead atoms. The topological polar surface area (TPSA) is 22.0 Å². The zero-order valence-electron chi connectivity index (χ0n) is 14.5. The summed E-state index contributed by atoms with van der Waals surface area (Å²) in [6, 6.07) is 30.8. The predicted octanol–water partition coefficient (Wildman–Crippen LogP) is 6.00. The molecule has 0 atom stereocenters. The molecule has 1 aliphatic carbocycles. The molecule has 27 heavy (non-hydrogen) atoms. The maximum atomic E-state index is 13.3. The summed E-state index contributed by atoms with van der Waals surface area (Å²) in [6.45, 7) is 0. The number of para-hydroxylation sites is 2. The molecular formula is C25H15NO. The summed E-state index contributed by atoms with van der Waals surface area (Å²) in [5, 5.41) is 2.29. The molecule has 0 radical (unpaired) electrons. The third kappa shape index (κ3) is 1.82. The first-order chi connectivity index (χ1) is 13.3. The average Bonchev–Trinajstić information content (AvgIpc) is 3.22. The second-order valence-corrected chi connectivity index (χ2v) is 6.95. The van der Waals surface area contributed by atoms with Crippen LogP contribution in [0.4, 0.5) is 0 Å². The summed E-state index contributed by atoms with van der Waals surface area (Å²) in [5.41, 5.74) is 6.86. The number of hydrogen-bond donors (Lipinski definition) is 0. The van der Waals surface area contributed by atoms with Gasteiger partial charge in [-0.25, -0.2) is 0 Å². The predicted molar refractivity (Wildman–Crippen MR) is 110 cm³/mol. The Morgan fingerprint density at radius 2 is 1.26 bits per heavy atom. The zero-order chi connectivity index (χ0) is 18.0. The fraction of sp³-hybridized carbons (Fsp3) is 0. The van der Waals surface area contributed by atoms with E-state index in [2.05, 4.69) is 53.1 Å². The zero-order valence-corrected chi connectivity index (χ0v) is 14.5. The molecule has 0 fully saturated rings. The number of ketones is 1. The lowest BCUT2D eigenvalue weighted by Crippen LogP contribution is -2.01. The lowest BCUT2D eigenvalue weighted by molar-refractivity contribution is 0.104. The Hall–Kier alpha value is -3.65. The van der Waals surface area contributed by atoms with E-state index in [1.165, 1.54) is 5.39 Å². The van der Waals surface area contributed by atoms with Crippen LogP contribution in [0.25, 0.3) is 38.6 Å². The summed E-state index contributed by atoms with van der Waals surface area (Å²) >= 11 is 0. The van der Waals surface area contributed by atoms with Crippen molar-refractivity contribution in [3.63, 3.8) is 0 Å². The molecule has 6 rings (SSSR count). The van der Waals surface area contributed by atoms with Gasteiger partial charge >= 0.3 is 0 Å². The molecule has 0 amide bonds. The third-order valence-corrected chi connectivity index (χ3v) is 5.54. The van der Waals surface area contributed by atoms with Crippen molar-refractivity contribution in [3.8, 4) is 16.8 Å². The van der Waals surface area contributed by atoms with Crippen LogP contribution >= 0.6 is 0 Å². The van der Waals surface area contributed by atoms with Crippen LogP contribution < -0.4 is 0 Å². The van der Waals surface area contributed by atoms with E-state index >= 15 is 0 Å². The first kappa shape index (κ1) is 14.5. The summed E-state index contributed by atoms with van der Waals surface area (Å²) in [4.78, 5) is 13.3. The molecule has 0 saturated carbocycles. The van der Waals surface area contributed by atoms with Crippen molar-refractivity contribution in [2.45, 2.75) is 0 Å². The molecule has 0 unspecified atom stereocenters. The highest BCUT2D eigenvalue weighted by Gasteiger charge is 2.30. The summed E-state index contributed by atoms with van der Waals surface area (Å²) < 4.78 is 2.23. The molecule has 1 aromatic heterocycles. The van der Waals surface area contributed by atoms with E-state index in [9.17, 15) is 4.79 Å². The van der Waals surface area contributed by atoms with Gasteiger partial charge in [-0.3, -0.25) is 4.79 Å². The number of carbonyl (C=O) groups is 1. The van der Waals surface area contributed by atoms with Crippen LogP contribution in [0.1, 0.15) is 15.9 Å². The first-order valence-corrected chi connectivity index (χ1v) is 9.10. The lowest BCUT2D eigenvalue weighted by Gasteiger charge is -2.10. The second kappa shape index (κ2) is 5.18. The van der Waals surface area contributed by atoms with E-state index in [1.807, 2.05) is 42.5 Å². The largest absolute Gasteiger partial charge is 0.308 e. The van der Waals surface area contributed by atoms with Gasteiger partial charge in [0.05, 0.1) is 16.6 Å². The summed E-state index contributed by atoms with van der Waals surface area (Å²) in [5.74, 6) is 0.117. The third-order valence-electron chi connectivity index (χ3n) is 5.54. The molecular weight excluding hydrogens is 330 g/mol.